The van der Waals surface area contributed by atoms with Gasteiger partial charge in [0, 0.05) is 62.2 Å². The molecular formula is C44H26N4. The average molecular weight is 611 g/mol. The Morgan fingerprint density at radius 2 is 1.00 bits per heavy atom. The summed E-state index contributed by atoms with van der Waals surface area (Å²) in [5, 5.41) is 10.7. The normalized spacial score (nSPS) is 11.8. The molecule has 0 amide bonds. The van der Waals surface area contributed by atoms with E-state index in [4.69, 9.17) is 9.97 Å². The molecule has 4 heteroatoms. The molecule has 0 atom stereocenters. The van der Waals surface area contributed by atoms with Gasteiger partial charge in [0.05, 0.1) is 27.9 Å². The summed E-state index contributed by atoms with van der Waals surface area (Å²) < 4.78 is 0. The largest absolute Gasteiger partial charge is 0.256 e. The van der Waals surface area contributed by atoms with E-state index < -0.39 is 0 Å². The van der Waals surface area contributed by atoms with Gasteiger partial charge in [-0.05, 0) is 57.4 Å². The lowest BCUT2D eigenvalue weighted by molar-refractivity contribution is 1.32. The third-order valence-electron chi connectivity index (χ3n) is 9.57. The summed E-state index contributed by atoms with van der Waals surface area (Å²) in [6, 6.07) is 49.2. The highest BCUT2D eigenvalue weighted by Gasteiger charge is 2.17. The van der Waals surface area contributed by atoms with Gasteiger partial charge < -0.3 is 0 Å². The lowest BCUT2D eigenvalue weighted by atomic mass is 9.90. The number of pyridine rings is 4. The van der Waals surface area contributed by atoms with Crippen molar-refractivity contribution in [1.29, 1.82) is 0 Å². The third kappa shape index (κ3) is 4.03. The Kier molecular flexibility index (Phi) is 5.84. The summed E-state index contributed by atoms with van der Waals surface area (Å²) in [5.74, 6) is 0. The van der Waals surface area contributed by atoms with Crippen LogP contribution in [0.15, 0.2) is 158 Å². The van der Waals surface area contributed by atoms with E-state index in [9.17, 15) is 0 Å². The summed E-state index contributed by atoms with van der Waals surface area (Å²) in [6.45, 7) is 0. The van der Waals surface area contributed by atoms with E-state index in [2.05, 4.69) is 137 Å². The fourth-order valence-electron chi connectivity index (χ4n) is 7.37. The van der Waals surface area contributed by atoms with Crippen molar-refractivity contribution >= 4 is 65.0 Å². The molecule has 10 aromatic rings. The number of hydrogen-bond donors (Lipinski definition) is 0. The highest BCUT2D eigenvalue weighted by molar-refractivity contribution is 6.33. The van der Waals surface area contributed by atoms with Crippen molar-refractivity contribution in [3.8, 4) is 33.6 Å². The molecule has 0 aliphatic carbocycles. The number of benzene rings is 6. The Bertz CT molecular complexity index is 2880. The number of rotatable bonds is 3. The molecule has 0 saturated carbocycles. The Balaban J connectivity index is 1.10. The summed E-state index contributed by atoms with van der Waals surface area (Å²) in [4.78, 5) is 19.5. The zero-order valence-corrected chi connectivity index (χ0v) is 25.8. The van der Waals surface area contributed by atoms with Crippen LogP contribution in [0.1, 0.15) is 0 Å². The Labute approximate surface area is 276 Å². The van der Waals surface area contributed by atoms with Crippen LogP contribution in [0.4, 0.5) is 0 Å². The molecule has 0 N–H and O–H groups in total. The molecule has 4 aromatic heterocycles. The van der Waals surface area contributed by atoms with Crippen LogP contribution >= 0.6 is 0 Å². The van der Waals surface area contributed by atoms with Crippen LogP contribution in [-0.2, 0) is 0 Å². The SMILES string of the molecule is c1cnc2c(c1)cc(-c1ccc(-c3ccc(-c4nc5ccccc5c5c6ccccc6c6ccccc6c45)cc3)cn1)c1cccnc12. The van der Waals surface area contributed by atoms with E-state index >= 15 is 0 Å². The van der Waals surface area contributed by atoms with E-state index in [0.29, 0.717) is 0 Å². The monoisotopic (exact) mass is 610 g/mol. The van der Waals surface area contributed by atoms with Gasteiger partial charge in [0.1, 0.15) is 0 Å². The molecule has 6 aromatic carbocycles. The molecule has 0 spiro atoms. The number of aromatic nitrogens is 4. The molecule has 4 heterocycles. The van der Waals surface area contributed by atoms with E-state index in [1.54, 1.807) is 0 Å². The molecule has 4 nitrogen and oxygen atoms in total. The second-order valence-electron chi connectivity index (χ2n) is 12.2. The first-order chi connectivity index (χ1) is 23.8. The minimum atomic E-state index is 0.891. The molecule has 48 heavy (non-hydrogen) atoms. The van der Waals surface area contributed by atoms with E-state index in [1.807, 2.05) is 30.7 Å². The first-order valence-electron chi connectivity index (χ1n) is 16.1. The van der Waals surface area contributed by atoms with Crippen LogP contribution in [-0.4, -0.2) is 19.9 Å². The first kappa shape index (κ1) is 26.7. The van der Waals surface area contributed by atoms with Crippen molar-refractivity contribution < 1.29 is 0 Å². The lowest BCUT2D eigenvalue weighted by Gasteiger charge is -2.16. The topological polar surface area (TPSA) is 51.6 Å². The van der Waals surface area contributed by atoms with Gasteiger partial charge in [-0.15, -0.1) is 0 Å². The highest BCUT2D eigenvalue weighted by Crippen LogP contribution is 2.43. The predicted molar refractivity (Wildman–Crippen MR) is 199 cm³/mol. The van der Waals surface area contributed by atoms with Crippen LogP contribution in [0, 0.1) is 0 Å². The smallest absolute Gasteiger partial charge is 0.0971 e. The Morgan fingerprint density at radius 3 is 1.75 bits per heavy atom. The van der Waals surface area contributed by atoms with Crippen LogP contribution in [0.25, 0.3) is 98.7 Å². The molecule has 10 rings (SSSR count). The van der Waals surface area contributed by atoms with Gasteiger partial charge in [0.15, 0.2) is 0 Å². The van der Waals surface area contributed by atoms with Crippen LogP contribution in [0.3, 0.4) is 0 Å². The van der Waals surface area contributed by atoms with Crippen molar-refractivity contribution in [3.05, 3.63) is 158 Å². The van der Waals surface area contributed by atoms with Crippen molar-refractivity contribution in [3.63, 3.8) is 0 Å². The van der Waals surface area contributed by atoms with Gasteiger partial charge in [-0.1, -0.05) is 109 Å². The Hall–Kier alpha value is -6.52. The number of para-hydroxylation sites is 1. The maximum atomic E-state index is 5.30. The maximum absolute atomic E-state index is 5.30. The fourth-order valence-corrected chi connectivity index (χ4v) is 7.37. The van der Waals surface area contributed by atoms with Gasteiger partial charge in [-0.25, -0.2) is 4.98 Å². The molecule has 222 valence electrons. The molecule has 0 bridgehead atoms. The first-order valence-corrected chi connectivity index (χ1v) is 16.1. The minimum Gasteiger partial charge on any atom is -0.256 e. The van der Waals surface area contributed by atoms with Crippen molar-refractivity contribution in [1.82, 2.24) is 19.9 Å². The average Bonchev–Trinajstić information content (AvgIpc) is 3.17. The highest BCUT2D eigenvalue weighted by atomic mass is 14.7. The van der Waals surface area contributed by atoms with Crippen molar-refractivity contribution in [2.24, 2.45) is 0 Å². The molecule has 0 radical (unpaired) electrons. The maximum Gasteiger partial charge on any atom is 0.0971 e. The van der Waals surface area contributed by atoms with Gasteiger partial charge in [-0.2, -0.15) is 0 Å². The zero-order valence-electron chi connectivity index (χ0n) is 25.8. The van der Waals surface area contributed by atoms with Crippen LogP contribution < -0.4 is 0 Å². The summed E-state index contributed by atoms with van der Waals surface area (Å²) in [7, 11) is 0. The predicted octanol–water partition coefficient (Wildman–Crippen LogP) is 11.2. The van der Waals surface area contributed by atoms with Gasteiger partial charge in [0.2, 0.25) is 0 Å². The molecule has 0 fully saturated rings. The number of hydrogen-bond acceptors (Lipinski definition) is 4. The molecule has 0 aliphatic rings. The number of nitrogens with zero attached hydrogens (tertiary/aromatic N) is 4. The van der Waals surface area contributed by atoms with Gasteiger partial charge in [-0.3, -0.25) is 15.0 Å². The molecule has 0 saturated heterocycles. The molecule has 0 aliphatic heterocycles. The van der Waals surface area contributed by atoms with E-state index in [0.717, 1.165) is 61.0 Å². The third-order valence-corrected chi connectivity index (χ3v) is 9.57. The molecule has 0 unspecified atom stereocenters. The molecular weight excluding hydrogens is 585 g/mol. The summed E-state index contributed by atoms with van der Waals surface area (Å²) >= 11 is 0. The minimum absolute atomic E-state index is 0.891. The lowest BCUT2D eigenvalue weighted by Crippen LogP contribution is -1.93. The van der Waals surface area contributed by atoms with E-state index in [1.165, 1.54) is 37.7 Å². The van der Waals surface area contributed by atoms with Gasteiger partial charge in [0.25, 0.3) is 0 Å². The summed E-state index contributed by atoms with van der Waals surface area (Å²) in [5.41, 5.74) is 9.00. The second kappa shape index (κ2) is 10.5. The van der Waals surface area contributed by atoms with Crippen molar-refractivity contribution in [2.45, 2.75) is 0 Å². The zero-order chi connectivity index (χ0) is 31.6. The standard InChI is InChI=1S/C44H26N4/c1-3-12-33-31(10-1)32-11-2-4-13-34(32)41-40(33)36-14-5-6-16-39(36)48-42(41)28-19-17-27(18-20-28)30-21-22-38(47-26-30)37-25-29-9-7-23-45-43(29)44-35(37)15-8-24-46-44/h1-26H. The van der Waals surface area contributed by atoms with Crippen LogP contribution in [0.5, 0.6) is 0 Å². The second-order valence-corrected chi connectivity index (χ2v) is 12.2. The number of fused-ring (bicyclic) bond motifs is 11. The van der Waals surface area contributed by atoms with Crippen molar-refractivity contribution in [2.75, 3.05) is 0 Å². The quantitative estimate of drug-likeness (QED) is 0.187. The fraction of sp³-hybridized carbons (Fsp3) is 0. The summed E-state index contributed by atoms with van der Waals surface area (Å²) in [6.07, 6.45) is 5.60. The Morgan fingerprint density at radius 1 is 0.396 bits per heavy atom. The van der Waals surface area contributed by atoms with Gasteiger partial charge >= 0.3 is 0 Å². The van der Waals surface area contributed by atoms with E-state index in [-0.39, 0.29) is 0 Å². The van der Waals surface area contributed by atoms with Crippen LogP contribution in [0.2, 0.25) is 0 Å².